The lowest BCUT2D eigenvalue weighted by Crippen LogP contribution is -2.10. The lowest BCUT2D eigenvalue weighted by Gasteiger charge is -2.19. The number of benzene rings is 1. The first-order chi connectivity index (χ1) is 9.72. The molecule has 3 rings (SSSR count). The Balaban J connectivity index is 2.17. The molecular formula is C16H20N2O2. The Bertz CT molecular complexity index is 617. The Labute approximate surface area is 119 Å². The monoisotopic (exact) mass is 272 g/mol. The predicted octanol–water partition coefficient (Wildman–Crippen LogP) is 2.81. The maximum absolute atomic E-state index is 10.1. The normalized spacial score (nSPS) is 15.8. The molecule has 0 aliphatic heterocycles. The molecule has 4 heteroatoms. The molecule has 1 aromatic carbocycles. The van der Waals surface area contributed by atoms with Crippen molar-refractivity contribution in [3.63, 3.8) is 0 Å². The number of nitrogens with zero attached hydrogens (tertiary/aromatic N) is 2. The van der Waals surface area contributed by atoms with Gasteiger partial charge in [-0.2, -0.15) is 0 Å². The van der Waals surface area contributed by atoms with Crippen molar-refractivity contribution in [2.24, 2.45) is 0 Å². The third-order valence-corrected chi connectivity index (χ3v) is 3.97. The van der Waals surface area contributed by atoms with Crippen LogP contribution in [-0.4, -0.2) is 21.8 Å². The highest BCUT2D eigenvalue weighted by molar-refractivity contribution is 5.52. The van der Waals surface area contributed by atoms with E-state index in [9.17, 15) is 5.11 Å². The van der Waals surface area contributed by atoms with E-state index in [0.29, 0.717) is 0 Å². The Morgan fingerprint density at radius 2 is 2.10 bits per heavy atom. The first-order valence-corrected chi connectivity index (χ1v) is 7.12. The molecule has 106 valence electrons. The zero-order valence-corrected chi connectivity index (χ0v) is 12.0. The van der Waals surface area contributed by atoms with Gasteiger partial charge in [0.1, 0.15) is 5.75 Å². The standard InChI is InChI=1S/C16H20N2O2/c1-11(19)16-14(8-5-9-15(16)20-2)18-10-17-12-6-3-4-7-13(12)18/h5,8-11,19H,3-4,6-7H2,1-2H3/t11-/m0/s1. The van der Waals surface area contributed by atoms with E-state index < -0.39 is 6.10 Å². The molecule has 0 spiro atoms. The number of hydrogen-bond donors (Lipinski definition) is 1. The molecule has 1 aliphatic rings. The summed E-state index contributed by atoms with van der Waals surface area (Å²) < 4.78 is 7.51. The molecule has 1 aliphatic carbocycles. The van der Waals surface area contributed by atoms with Crippen LogP contribution in [0.1, 0.15) is 42.8 Å². The van der Waals surface area contributed by atoms with Crippen LogP contribution < -0.4 is 4.74 Å². The minimum Gasteiger partial charge on any atom is -0.496 e. The second-order valence-electron chi connectivity index (χ2n) is 5.28. The van der Waals surface area contributed by atoms with E-state index in [0.717, 1.165) is 29.8 Å². The number of ether oxygens (including phenoxy) is 1. The van der Waals surface area contributed by atoms with Gasteiger partial charge in [-0.3, -0.25) is 0 Å². The summed E-state index contributed by atoms with van der Waals surface area (Å²) in [5.74, 6) is 0.718. The van der Waals surface area contributed by atoms with Crippen molar-refractivity contribution in [3.05, 3.63) is 41.5 Å². The third-order valence-electron chi connectivity index (χ3n) is 3.97. The molecule has 2 aromatic rings. The summed E-state index contributed by atoms with van der Waals surface area (Å²) >= 11 is 0. The Morgan fingerprint density at radius 1 is 1.30 bits per heavy atom. The quantitative estimate of drug-likeness (QED) is 0.934. The lowest BCUT2D eigenvalue weighted by atomic mass is 10.00. The van der Waals surface area contributed by atoms with Gasteiger partial charge in [-0.1, -0.05) is 6.07 Å². The van der Waals surface area contributed by atoms with Gasteiger partial charge in [0.25, 0.3) is 0 Å². The zero-order valence-electron chi connectivity index (χ0n) is 12.0. The molecule has 0 amide bonds. The van der Waals surface area contributed by atoms with Crippen molar-refractivity contribution < 1.29 is 9.84 Å². The van der Waals surface area contributed by atoms with Crippen LogP contribution in [0.2, 0.25) is 0 Å². The van der Waals surface area contributed by atoms with Gasteiger partial charge < -0.3 is 14.4 Å². The van der Waals surface area contributed by atoms with Crippen molar-refractivity contribution in [2.75, 3.05) is 7.11 Å². The summed E-state index contributed by atoms with van der Waals surface area (Å²) in [6.07, 6.45) is 5.80. The Morgan fingerprint density at radius 3 is 2.85 bits per heavy atom. The molecule has 0 fully saturated rings. The molecule has 0 saturated carbocycles. The van der Waals surface area contributed by atoms with Crippen molar-refractivity contribution >= 4 is 0 Å². The molecule has 1 heterocycles. The van der Waals surface area contributed by atoms with Crippen molar-refractivity contribution in [3.8, 4) is 11.4 Å². The molecule has 0 unspecified atom stereocenters. The van der Waals surface area contributed by atoms with Crippen LogP contribution in [0.15, 0.2) is 24.5 Å². The molecular weight excluding hydrogens is 252 g/mol. The fraction of sp³-hybridized carbons (Fsp3) is 0.438. The number of methoxy groups -OCH3 is 1. The van der Waals surface area contributed by atoms with E-state index in [-0.39, 0.29) is 0 Å². The van der Waals surface area contributed by atoms with Gasteiger partial charge in [0, 0.05) is 11.3 Å². The third kappa shape index (κ3) is 2.10. The second kappa shape index (κ2) is 5.29. The highest BCUT2D eigenvalue weighted by Gasteiger charge is 2.20. The number of hydrogen-bond acceptors (Lipinski definition) is 3. The number of aromatic nitrogens is 2. The topological polar surface area (TPSA) is 47.3 Å². The largest absolute Gasteiger partial charge is 0.496 e. The van der Waals surface area contributed by atoms with Gasteiger partial charge in [0.05, 0.1) is 30.9 Å². The molecule has 20 heavy (non-hydrogen) atoms. The molecule has 0 bridgehead atoms. The van der Waals surface area contributed by atoms with Gasteiger partial charge in [-0.05, 0) is 44.7 Å². The molecule has 0 saturated heterocycles. The number of rotatable bonds is 3. The van der Waals surface area contributed by atoms with Gasteiger partial charge >= 0.3 is 0 Å². The minimum atomic E-state index is -0.581. The van der Waals surface area contributed by atoms with E-state index in [2.05, 4.69) is 9.55 Å². The smallest absolute Gasteiger partial charge is 0.126 e. The molecule has 1 N–H and O–H groups in total. The zero-order chi connectivity index (χ0) is 14.1. The highest BCUT2D eigenvalue weighted by Crippen LogP contribution is 2.33. The fourth-order valence-electron chi connectivity index (χ4n) is 3.02. The molecule has 1 atom stereocenters. The lowest BCUT2D eigenvalue weighted by molar-refractivity contribution is 0.194. The first kappa shape index (κ1) is 13.2. The molecule has 1 aromatic heterocycles. The van der Waals surface area contributed by atoms with E-state index in [1.54, 1.807) is 14.0 Å². The highest BCUT2D eigenvalue weighted by atomic mass is 16.5. The van der Waals surface area contributed by atoms with E-state index in [4.69, 9.17) is 4.74 Å². The van der Waals surface area contributed by atoms with Crippen LogP contribution in [0, 0.1) is 0 Å². The maximum Gasteiger partial charge on any atom is 0.126 e. The van der Waals surface area contributed by atoms with Crippen LogP contribution >= 0.6 is 0 Å². The van der Waals surface area contributed by atoms with Crippen molar-refractivity contribution in [1.82, 2.24) is 9.55 Å². The number of imidazole rings is 1. The van der Waals surface area contributed by atoms with Gasteiger partial charge in [0.2, 0.25) is 0 Å². The van der Waals surface area contributed by atoms with Crippen LogP contribution in [0.25, 0.3) is 5.69 Å². The average molecular weight is 272 g/mol. The number of aliphatic hydroxyl groups excluding tert-OH is 1. The summed E-state index contributed by atoms with van der Waals surface area (Å²) in [6, 6.07) is 5.85. The van der Waals surface area contributed by atoms with Crippen molar-refractivity contribution in [1.29, 1.82) is 0 Å². The second-order valence-corrected chi connectivity index (χ2v) is 5.28. The molecule has 0 radical (unpaired) electrons. The summed E-state index contributed by atoms with van der Waals surface area (Å²) in [5.41, 5.74) is 4.25. The van der Waals surface area contributed by atoms with Gasteiger partial charge in [-0.15, -0.1) is 0 Å². The van der Waals surface area contributed by atoms with Crippen molar-refractivity contribution in [2.45, 2.75) is 38.7 Å². The number of aliphatic hydroxyl groups is 1. The first-order valence-electron chi connectivity index (χ1n) is 7.12. The minimum absolute atomic E-state index is 0.581. The predicted molar refractivity (Wildman–Crippen MR) is 77.4 cm³/mol. The van der Waals surface area contributed by atoms with Crippen LogP contribution in [0.5, 0.6) is 5.75 Å². The van der Waals surface area contributed by atoms with Gasteiger partial charge in [0.15, 0.2) is 0 Å². The summed E-state index contributed by atoms with van der Waals surface area (Å²) in [7, 11) is 1.63. The summed E-state index contributed by atoms with van der Waals surface area (Å²) in [4.78, 5) is 4.53. The average Bonchev–Trinajstić information content (AvgIpc) is 2.90. The van der Waals surface area contributed by atoms with Gasteiger partial charge in [-0.25, -0.2) is 4.98 Å². The van der Waals surface area contributed by atoms with E-state index in [1.807, 2.05) is 24.5 Å². The SMILES string of the molecule is COc1cccc(-n2cnc3c2CCCC3)c1[C@H](C)O. The van der Waals surface area contributed by atoms with Crippen LogP contribution in [-0.2, 0) is 12.8 Å². The van der Waals surface area contributed by atoms with E-state index in [1.165, 1.54) is 24.2 Å². The van der Waals surface area contributed by atoms with Crippen LogP contribution in [0.3, 0.4) is 0 Å². The van der Waals surface area contributed by atoms with Crippen LogP contribution in [0.4, 0.5) is 0 Å². The Hall–Kier alpha value is -1.81. The summed E-state index contributed by atoms with van der Waals surface area (Å²) in [5, 5.41) is 10.1. The number of aryl methyl sites for hydroxylation is 1. The van der Waals surface area contributed by atoms with E-state index >= 15 is 0 Å². The summed E-state index contributed by atoms with van der Waals surface area (Å²) in [6.45, 7) is 1.77. The fourth-order valence-corrected chi connectivity index (χ4v) is 3.02. The Kier molecular flexibility index (Phi) is 3.49. The maximum atomic E-state index is 10.1. The number of fused-ring (bicyclic) bond motifs is 1. The molecule has 4 nitrogen and oxygen atoms in total.